The van der Waals surface area contributed by atoms with Gasteiger partial charge >= 0.3 is 5.69 Å². The maximum Gasteiger partial charge on any atom is 0.330 e. The first-order valence-electron chi connectivity index (χ1n) is 20.4. The zero-order valence-electron chi connectivity index (χ0n) is 36.5. The molecule has 3 aromatic carbocycles. The molecule has 0 bridgehead atoms. The van der Waals surface area contributed by atoms with Crippen LogP contribution in [0.1, 0.15) is 64.5 Å². The zero-order chi connectivity index (χ0) is 44.1. The van der Waals surface area contributed by atoms with Crippen molar-refractivity contribution < 1.29 is 42.3 Å². The fraction of sp³-hybridized carbons (Fsp3) is 0.489. The minimum absolute atomic E-state index is 0.0111. The number of nitrogens with zero attached hydrogens (tertiary/aromatic N) is 2. The molecule has 14 nitrogen and oxygen atoms in total. The van der Waals surface area contributed by atoms with Gasteiger partial charge in [-0.3, -0.25) is 19.1 Å². The highest BCUT2D eigenvalue weighted by molar-refractivity contribution is 8.13. The van der Waals surface area contributed by atoms with Gasteiger partial charge in [-0.05, 0) is 68.7 Å². The summed E-state index contributed by atoms with van der Waals surface area (Å²) in [5.74, 6) is 1.87. The number of carbonyl (C=O) groups excluding carboxylic acids is 1. The van der Waals surface area contributed by atoms with E-state index in [9.17, 15) is 14.4 Å². The minimum Gasteiger partial charge on any atom is -0.497 e. The molecule has 1 N–H and O–H groups in total. The lowest BCUT2D eigenvalue weighted by Gasteiger charge is -2.39. The molecule has 5 rings (SSSR count). The number of rotatable bonds is 23. The summed E-state index contributed by atoms with van der Waals surface area (Å²) in [5.41, 5.74) is 0.0919. The average Bonchev–Trinajstić information content (AvgIpc) is 3.59. The Bertz CT molecular complexity index is 2010. The van der Waals surface area contributed by atoms with E-state index in [4.69, 9.17) is 37.5 Å². The third-order valence-corrected chi connectivity index (χ3v) is 13.4. The van der Waals surface area contributed by atoms with Crippen LogP contribution >= 0.6 is 20.3 Å². The Morgan fingerprint density at radius 3 is 1.92 bits per heavy atom. The van der Waals surface area contributed by atoms with E-state index in [0.717, 1.165) is 16.7 Å². The summed E-state index contributed by atoms with van der Waals surface area (Å²) >= 11 is 1.26. The normalized spacial score (nSPS) is 18.6. The molecule has 1 unspecified atom stereocenters. The minimum atomic E-state index is -1.79. The van der Waals surface area contributed by atoms with Crippen LogP contribution in [0, 0.1) is 5.92 Å². The Morgan fingerprint density at radius 1 is 0.803 bits per heavy atom. The van der Waals surface area contributed by atoms with Crippen LogP contribution in [0.4, 0.5) is 0 Å². The van der Waals surface area contributed by atoms with Gasteiger partial charge in [-0.15, -0.1) is 0 Å². The monoisotopic (exact) mass is 881 g/mol. The van der Waals surface area contributed by atoms with E-state index in [0.29, 0.717) is 23.9 Å². The molecule has 1 aliphatic rings. The number of hydrogen-bond donors (Lipinski definition) is 1. The summed E-state index contributed by atoms with van der Waals surface area (Å²) in [4.78, 5) is 39.9. The molecule has 1 aromatic heterocycles. The number of ether oxygens (including phenoxy) is 6. The number of nitrogens with one attached hydrogen (secondary N) is 1. The first kappa shape index (κ1) is 48.1. The second kappa shape index (κ2) is 23.0. The molecule has 0 saturated carbocycles. The van der Waals surface area contributed by atoms with Crippen molar-refractivity contribution in [2.45, 2.75) is 83.8 Å². The number of thioether (sulfide) groups is 1. The van der Waals surface area contributed by atoms with E-state index < -0.39 is 49.9 Å². The topological polar surface area (TPSA) is 149 Å². The molecule has 0 spiro atoms. The Hall–Kier alpha value is -3.89. The summed E-state index contributed by atoms with van der Waals surface area (Å²) < 4.78 is 54.2. The maximum absolute atomic E-state index is 13.3. The molecule has 0 amide bonds. The Labute approximate surface area is 364 Å². The molecule has 16 heteroatoms. The van der Waals surface area contributed by atoms with E-state index in [2.05, 4.69) is 37.3 Å². The Kier molecular flexibility index (Phi) is 18.1. The summed E-state index contributed by atoms with van der Waals surface area (Å²) in [6.45, 7) is 12.9. The van der Waals surface area contributed by atoms with Crippen molar-refractivity contribution >= 4 is 25.4 Å². The average molecular weight is 882 g/mol. The maximum atomic E-state index is 13.3. The summed E-state index contributed by atoms with van der Waals surface area (Å²) in [6.07, 6.45) is -2.17. The van der Waals surface area contributed by atoms with Gasteiger partial charge in [0.05, 0.1) is 40.6 Å². The first-order chi connectivity index (χ1) is 29.3. The molecule has 2 heterocycles. The van der Waals surface area contributed by atoms with E-state index >= 15 is 0 Å². The quantitative estimate of drug-likeness (QED) is 0.0457. The van der Waals surface area contributed by atoms with Gasteiger partial charge < -0.3 is 37.5 Å². The van der Waals surface area contributed by atoms with Crippen LogP contribution in [-0.2, 0) is 38.4 Å². The van der Waals surface area contributed by atoms with E-state index in [1.54, 1.807) is 14.2 Å². The van der Waals surface area contributed by atoms with Gasteiger partial charge in [0, 0.05) is 43.1 Å². The molecule has 1 aliphatic heterocycles. The molecule has 0 aliphatic carbocycles. The standard InChI is InChI=1S/C45H60N3O11PS/c1-30(2)43(50)61-28-27-55-25-26-57-60(48(31(3)4)32(5)6)59-40-38(58-42(41(40)54-9)47-24-23-39(49)46-44(47)51)29-56-45(33-13-11-10-12-14-33,34-15-19-36(52-7)20-16-34)35-17-21-37(53-8)22-18-35/h10-24,30-32,38,40-42H,25-29H2,1-9H3,(H,46,49,51)/t38-,40-,41-,42-,60?/m1/s1. The number of aromatic amines is 1. The van der Waals surface area contributed by atoms with Crippen molar-refractivity contribution in [1.82, 2.24) is 14.2 Å². The molecule has 1 saturated heterocycles. The van der Waals surface area contributed by atoms with Crippen LogP contribution in [0.5, 0.6) is 11.5 Å². The number of carbonyl (C=O) groups is 1. The highest BCUT2D eigenvalue weighted by atomic mass is 32.2. The third kappa shape index (κ3) is 12.0. The number of benzene rings is 3. The third-order valence-electron chi connectivity index (χ3n) is 10.2. The summed E-state index contributed by atoms with van der Waals surface area (Å²) in [7, 11) is 2.98. The van der Waals surface area contributed by atoms with Gasteiger partial charge in [0.25, 0.3) is 14.1 Å². The highest BCUT2D eigenvalue weighted by Gasteiger charge is 2.51. The molecule has 5 atom stereocenters. The zero-order valence-corrected chi connectivity index (χ0v) is 38.2. The van der Waals surface area contributed by atoms with Gasteiger partial charge in [0.1, 0.15) is 35.4 Å². The molecule has 4 aromatic rings. The molecular formula is C45H60N3O11PS. The molecular weight excluding hydrogens is 822 g/mol. The number of H-pyrrole nitrogens is 1. The van der Waals surface area contributed by atoms with Crippen LogP contribution < -0.4 is 20.7 Å². The Morgan fingerprint density at radius 2 is 1.39 bits per heavy atom. The first-order valence-corrected chi connectivity index (χ1v) is 22.6. The van der Waals surface area contributed by atoms with Crippen LogP contribution in [0.25, 0.3) is 0 Å². The van der Waals surface area contributed by atoms with Gasteiger partial charge in [-0.1, -0.05) is 80.2 Å². The van der Waals surface area contributed by atoms with E-state index in [1.807, 2.05) is 92.7 Å². The molecule has 61 heavy (non-hydrogen) atoms. The lowest BCUT2D eigenvalue weighted by molar-refractivity contribution is -0.113. The van der Waals surface area contributed by atoms with E-state index in [1.165, 1.54) is 35.7 Å². The van der Waals surface area contributed by atoms with Crippen molar-refractivity contribution in [2.75, 3.05) is 53.5 Å². The summed E-state index contributed by atoms with van der Waals surface area (Å²) in [6, 6.07) is 26.6. The summed E-state index contributed by atoms with van der Waals surface area (Å²) in [5, 5.41) is 0.128. The second-order valence-corrected chi connectivity index (χ2v) is 17.7. The van der Waals surface area contributed by atoms with Crippen molar-refractivity contribution in [3.8, 4) is 11.5 Å². The van der Waals surface area contributed by atoms with Gasteiger partial charge in [0.2, 0.25) is 0 Å². The van der Waals surface area contributed by atoms with Crippen LogP contribution in [-0.4, -0.2) is 103 Å². The molecule has 332 valence electrons. The number of methoxy groups -OCH3 is 3. The van der Waals surface area contributed by atoms with Crippen molar-refractivity contribution in [1.29, 1.82) is 0 Å². The van der Waals surface area contributed by atoms with Crippen LogP contribution in [0.2, 0.25) is 0 Å². The second-order valence-electron chi connectivity index (χ2n) is 15.2. The van der Waals surface area contributed by atoms with Crippen molar-refractivity contribution in [3.63, 3.8) is 0 Å². The van der Waals surface area contributed by atoms with Crippen LogP contribution in [0.15, 0.2) is 101 Å². The highest BCUT2D eigenvalue weighted by Crippen LogP contribution is 2.51. The fourth-order valence-electron chi connectivity index (χ4n) is 7.23. The smallest absolute Gasteiger partial charge is 0.330 e. The SMILES string of the molecule is COc1ccc(C(OC[C@H]2O[C@@H](n3ccc(=O)[nH]c3=O)[C@H](OC)[C@@H]2OP(OCCOCCSC(=O)C(C)C)N(C(C)C)C(C)C)(c2ccccc2)c2ccc(OC)cc2)cc1. The molecule has 0 radical (unpaired) electrons. The van der Waals surface area contributed by atoms with E-state index in [-0.39, 0.29) is 42.9 Å². The lowest BCUT2D eigenvalue weighted by atomic mass is 9.80. The largest absolute Gasteiger partial charge is 0.497 e. The van der Waals surface area contributed by atoms with Crippen LogP contribution in [0.3, 0.4) is 0 Å². The molecule has 1 fully saturated rings. The predicted octanol–water partition coefficient (Wildman–Crippen LogP) is 7.15. The fourth-order valence-corrected chi connectivity index (χ4v) is 9.71. The number of aromatic nitrogens is 2. The number of hydrogen-bond acceptors (Lipinski definition) is 13. The van der Waals surface area contributed by atoms with Crippen molar-refractivity contribution in [3.05, 3.63) is 129 Å². The van der Waals surface area contributed by atoms with Gasteiger partial charge in [-0.2, -0.15) is 0 Å². The van der Waals surface area contributed by atoms with Gasteiger partial charge in [-0.25, -0.2) is 9.46 Å². The Balaban J connectivity index is 1.54. The lowest BCUT2D eigenvalue weighted by Crippen LogP contribution is -2.43. The van der Waals surface area contributed by atoms with Crippen molar-refractivity contribution in [2.24, 2.45) is 5.92 Å². The predicted molar refractivity (Wildman–Crippen MR) is 237 cm³/mol. The van der Waals surface area contributed by atoms with Gasteiger partial charge in [0.15, 0.2) is 11.3 Å².